The van der Waals surface area contributed by atoms with Gasteiger partial charge in [0.25, 0.3) is 0 Å². The van der Waals surface area contributed by atoms with Crippen LogP contribution in [0.2, 0.25) is 0 Å². The van der Waals surface area contributed by atoms with Crippen LogP contribution in [0.1, 0.15) is 25.0 Å². The Bertz CT molecular complexity index is 1130. The number of hydrogen-bond donors (Lipinski definition) is 0. The van der Waals surface area contributed by atoms with Crippen molar-refractivity contribution in [2.75, 3.05) is 13.2 Å². The van der Waals surface area contributed by atoms with E-state index in [4.69, 9.17) is 19.5 Å². The summed E-state index contributed by atoms with van der Waals surface area (Å²) >= 11 is 0. The summed E-state index contributed by atoms with van der Waals surface area (Å²) in [4.78, 5) is 9.42. The summed E-state index contributed by atoms with van der Waals surface area (Å²) in [6.45, 7) is 5.06. The van der Waals surface area contributed by atoms with E-state index in [2.05, 4.69) is 24.3 Å². The molecule has 0 aliphatic rings. The predicted molar refractivity (Wildman–Crippen MR) is 140 cm³/mol. The van der Waals surface area contributed by atoms with Gasteiger partial charge in [-0.1, -0.05) is 60.7 Å². The molecular formula is C30H28N2O2. The van der Waals surface area contributed by atoms with E-state index in [0.717, 1.165) is 33.6 Å². The molecule has 0 N–H and O–H groups in total. The van der Waals surface area contributed by atoms with E-state index < -0.39 is 0 Å². The van der Waals surface area contributed by atoms with Crippen molar-refractivity contribution in [3.63, 3.8) is 0 Å². The minimum Gasteiger partial charge on any atom is -0.478 e. The van der Waals surface area contributed by atoms with Crippen LogP contribution >= 0.6 is 0 Å². The standard InChI is InChI=1S/C30H28N2O2/c1-3-33-29(25-11-7-5-8-12-25)31-27-19-15-23(16-20-27)24-17-21-28(22-18-24)32-30(34-4-2)26-13-9-6-10-14-26/h5-22H,3-4H2,1-2H3. The van der Waals surface area contributed by atoms with Crippen LogP contribution < -0.4 is 0 Å². The highest BCUT2D eigenvalue weighted by Gasteiger charge is 2.06. The third-order valence-electron chi connectivity index (χ3n) is 5.13. The van der Waals surface area contributed by atoms with Crippen molar-refractivity contribution in [1.29, 1.82) is 0 Å². The van der Waals surface area contributed by atoms with Crippen LogP contribution in [0.5, 0.6) is 0 Å². The quantitative estimate of drug-likeness (QED) is 0.216. The van der Waals surface area contributed by atoms with Gasteiger partial charge in [-0.15, -0.1) is 0 Å². The Balaban J connectivity index is 1.53. The third kappa shape index (κ3) is 5.99. The highest BCUT2D eigenvalue weighted by Crippen LogP contribution is 2.26. The van der Waals surface area contributed by atoms with Crippen molar-refractivity contribution < 1.29 is 9.47 Å². The van der Waals surface area contributed by atoms with Crippen LogP contribution in [-0.2, 0) is 9.47 Å². The van der Waals surface area contributed by atoms with Crippen molar-refractivity contribution in [3.05, 3.63) is 120 Å². The molecule has 0 bridgehead atoms. The molecule has 0 aliphatic heterocycles. The second-order valence-electron chi connectivity index (χ2n) is 7.53. The van der Waals surface area contributed by atoms with E-state index in [0.29, 0.717) is 25.0 Å². The second kappa shape index (κ2) is 11.6. The summed E-state index contributed by atoms with van der Waals surface area (Å²) in [5, 5.41) is 0. The first-order valence-corrected chi connectivity index (χ1v) is 11.5. The van der Waals surface area contributed by atoms with Gasteiger partial charge < -0.3 is 9.47 Å². The first kappa shape index (κ1) is 23.0. The number of benzene rings is 4. The van der Waals surface area contributed by atoms with Crippen LogP contribution in [0, 0.1) is 0 Å². The van der Waals surface area contributed by atoms with Crippen molar-refractivity contribution in [3.8, 4) is 11.1 Å². The highest BCUT2D eigenvalue weighted by atomic mass is 16.5. The molecule has 0 unspecified atom stereocenters. The van der Waals surface area contributed by atoms with E-state index in [9.17, 15) is 0 Å². The van der Waals surface area contributed by atoms with E-state index in [-0.39, 0.29) is 0 Å². The summed E-state index contributed by atoms with van der Waals surface area (Å²) in [7, 11) is 0. The van der Waals surface area contributed by atoms with Gasteiger partial charge in [-0.05, 0) is 73.5 Å². The summed E-state index contributed by atoms with van der Waals surface area (Å²) < 4.78 is 11.5. The Labute approximate surface area is 201 Å². The molecule has 34 heavy (non-hydrogen) atoms. The molecule has 0 amide bonds. The number of nitrogens with zero attached hydrogens (tertiary/aromatic N) is 2. The van der Waals surface area contributed by atoms with Gasteiger partial charge in [-0.25, -0.2) is 9.98 Å². The van der Waals surface area contributed by atoms with Crippen LogP contribution in [0.4, 0.5) is 11.4 Å². The van der Waals surface area contributed by atoms with Gasteiger partial charge in [0, 0.05) is 11.1 Å². The van der Waals surface area contributed by atoms with Crippen LogP contribution in [0.3, 0.4) is 0 Å². The van der Waals surface area contributed by atoms with Gasteiger partial charge in [-0.3, -0.25) is 0 Å². The number of aliphatic imine (C=N–C) groups is 2. The van der Waals surface area contributed by atoms with Crippen LogP contribution in [-0.4, -0.2) is 25.0 Å². The molecule has 0 saturated heterocycles. The SMILES string of the molecule is CCOC(=Nc1ccc(-c2ccc(N=C(OCC)c3ccccc3)cc2)cc1)c1ccccc1. The normalized spacial score (nSPS) is 11.8. The third-order valence-corrected chi connectivity index (χ3v) is 5.13. The van der Waals surface area contributed by atoms with Crippen LogP contribution in [0.15, 0.2) is 119 Å². The van der Waals surface area contributed by atoms with Crippen molar-refractivity contribution in [2.45, 2.75) is 13.8 Å². The largest absolute Gasteiger partial charge is 0.478 e. The lowest BCUT2D eigenvalue weighted by Crippen LogP contribution is -2.05. The summed E-state index contributed by atoms with van der Waals surface area (Å²) in [5.74, 6) is 1.25. The van der Waals surface area contributed by atoms with Gasteiger partial charge in [-0.2, -0.15) is 0 Å². The fraction of sp³-hybridized carbons (Fsp3) is 0.133. The lowest BCUT2D eigenvalue weighted by Gasteiger charge is -2.09. The lowest BCUT2D eigenvalue weighted by atomic mass is 10.1. The topological polar surface area (TPSA) is 43.2 Å². The van der Waals surface area contributed by atoms with Gasteiger partial charge in [0.15, 0.2) is 0 Å². The Morgan fingerprint density at radius 2 is 0.853 bits per heavy atom. The van der Waals surface area contributed by atoms with Gasteiger partial charge >= 0.3 is 0 Å². The minimum absolute atomic E-state index is 0.565. The fourth-order valence-corrected chi connectivity index (χ4v) is 3.49. The van der Waals surface area contributed by atoms with Crippen LogP contribution in [0.25, 0.3) is 11.1 Å². The second-order valence-corrected chi connectivity index (χ2v) is 7.53. The molecular weight excluding hydrogens is 420 g/mol. The summed E-state index contributed by atoms with van der Waals surface area (Å²) in [6.07, 6.45) is 0. The molecule has 0 radical (unpaired) electrons. The lowest BCUT2D eigenvalue weighted by molar-refractivity contribution is 0.328. The van der Waals surface area contributed by atoms with Gasteiger partial charge in [0.1, 0.15) is 0 Å². The Morgan fingerprint density at radius 3 is 1.18 bits per heavy atom. The molecule has 4 aromatic carbocycles. The summed E-state index contributed by atoms with van der Waals surface area (Å²) in [6, 6.07) is 36.2. The molecule has 170 valence electrons. The molecule has 0 atom stereocenters. The molecule has 0 fully saturated rings. The smallest absolute Gasteiger partial charge is 0.221 e. The summed E-state index contributed by atoms with van der Waals surface area (Å²) in [5.41, 5.74) is 5.85. The molecule has 0 aromatic heterocycles. The van der Waals surface area contributed by atoms with Crippen molar-refractivity contribution in [1.82, 2.24) is 0 Å². The zero-order valence-electron chi connectivity index (χ0n) is 19.5. The molecule has 0 spiro atoms. The zero-order valence-corrected chi connectivity index (χ0v) is 19.5. The molecule has 4 nitrogen and oxygen atoms in total. The maximum Gasteiger partial charge on any atom is 0.221 e. The Hall–Kier alpha value is -4.18. The zero-order chi connectivity index (χ0) is 23.6. The van der Waals surface area contributed by atoms with Crippen molar-refractivity contribution >= 4 is 23.2 Å². The minimum atomic E-state index is 0.565. The average molecular weight is 449 g/mol. The Kier molecular flexibility index (Phi) is 7.86. The number of ether oxygens (including phenoxy) is 2. The van der Waals surface area contributed by atoms with Crippen molar-refractivity contribution in [2.24, 2.45) is 9.98 Å². The first-order chi connectivity index (χ1) is 16.8. The molecule has 4 rings (SSSR count). The predicted octanol–water partition coefficient (Wildman–Crippen LogP) is 7.58. The van der Waals surface area contributed by atoms with E-state index >= 15 is 0 Å². The first-order valence-electron chi connectivity index (χ1n) is 11.5. The maximum absolute atomic E-state index is 5.77. The molecule has 0 saturated carbocycles. The molecule has 4 heteroatoms. The highest BCUT2D eigenvalue weighted by molar-refractivity contribution is 5.96. The molecule has 0 aliphatic carbocycles. The van der Waals surface area contributed by atoms with E-state index in [1.54, 1.807) is 0 Å². The maximum atomic E-state index is 5.77. The Morgan fingerprint density at radius 1 is 0.500 bits per heavy atom. The fourth-order valence-electron chi connectivity index (χ4n) is 3.49. The molecule has 4 aromatic rings. The number of rotatable bonds is 7. The van der Waals surface area contributed by atoms with E-state index in [1.807, 2.05) is 98.8 Å². The van der Waals surface area contributed by atoms with E-state index in [1.165, 1.54) is 0 Å². The number of hydrogen-bond acceptors (Lipinski definition) is 4. The van der Waals surface area contributed by atoms with Gasteiger partial charge in [0.05, 0.1) is 24.6 Å². The average Bonchev–Trinajstić information content (AvgIpc) is 2.90. The van der Waals surface area contributed by atoms with Gasteiger partial charge in [0.2, 0.25) is 11.8 Å². The molecule has 0 heterocycles. The monoisotopic (exact) mass is 448 g/mol.